The summed E-state index contributed by atoms with van der Waals surface area (Å²) < 4.78 is 63.3. The quantitative estimate of drug-likeness (QED) is 0.835. The maximum absolute atomic E-state index is 13.4. The van der Waals surface area contributed by atoms with Crippen molar-refractivity contribution in [1.82, 2.24) is 9.62 Å². The SMILES string of the molecule is CN(CC(F)F)S(=O)(=O)c1cc(F)ccc1CNC1CC1. The van der Waals surface area contributed by atoms with E-state index in [0.29, 0.717) is 15.9 Å². The van der Waals surface area contributed by atoms with Gasteiger partial charge in [-0.1, -0.05) is 6.07 Å². The van der Waals surface area contributed by atoms with E-state index in [1.807, 2.05) is 0 Å². The molecule has 1 saturated carbocycles. The first kappa shape index (κ1) is 16.3. The summed E-state index contributed by atoms with van der Waals surface area (Å²) in [4.78, 5) is -0.265. The fourth-order valence-electron chi connectivity index (χ4n) is 1.92. The van der Waals surface area contributed by atoms with Crippen molar-refractivity contribution < 1.29 is 21.6 Å². The summed E-state index contributed by atoms with van der Waals surface area (Å²) >= 11 is 0. The van der Waals surface area contributed by atoms with E-state index in [1.54, 1.807) is 0 Å². The van der Waals surface area contributed by atoms with Gasteiger partial charge >= 0.3 is 0 Å². The number of alkyl halides is 2. The van der Waals surface area contributed by atoms with Crippen LogP contribution in [0.4, 0.5) is 13.2 Å². The van der Waals surface area contributed by atoms with Crippen molar-refractivity contribution in [2.75, 3.05) is 13.6 Å². The Hall–Kier alpha value is -1.12. The van der Waals surface area contributed by atoms with Crippen molar-refractivity contribution >= 4 is 10.0 Å². The van der Waals surface area contributed by atoms with Gasteiger partial charge in [0.1, 0.15) is 5.82 Å². The number of sulfonamides is 1. The molecule has 1 N–H and O–H groups in total. The minimum Gasteiger partial charge on any atom is -0.310 e. The highest BCUT2D eigenvalue weighted by atomic mass is 32.2. The van der Waals surface area contributed by atoms with Crippen molar-refractivity contribution in [3.8, 4) is 0 Å². The van der Waals surface area contributed by atoms with Gasteiger partial charge in [0.25, 0.3) is 6.43 Å². The molecule has 1 aromatic rings. The lowest BCUT2D eigenvalue weighted by Gasteiger charge is -2.19. The van der Waals surface area contributed by atoms with Gasteiger partial charge in [-0.05, 0) is 30.5 Å². The molecule has 0 bridgehead atoms. The second-order valence-corrected chi connectivity index (χ2v) is 7.10. The van der Waals surface area contributed by atoms with Gasteiger partial charge in [-0.3, -0.25) is 0 Å². The monoisotopic (exact) mass is 322 g/mol. The Morgan fingerprint density at radius 3 is 2.62 bits per heavy atom. The molecular weight excluding hydrogens is 305 g/mol. The van der Waals surface area contributed by atoms with E-state index in [-0.39, 0.29) is 11.4 Å². The Morgan fingerprint density at radius 1 is 1.38 bits per heavy atom. The van der Waals surface area contributed by atoms with E-state index < -0.39 is 28.8 Å². The Balaban J connectivity index is 2.28. The Labute approximate surface area is 122 Å². The first-order chi connectivity index (χ1) is 9.80. The van der Waals surface area contributed by atoms with Gasteiger partial charge in [0.15, 0.2) is 0 Å². The van der Waals surface area contributed by atoms with Crippen LogP contribution in [0.5, 0.6) is 0 Å². The van der Waals surface area contributed by atoms with E-state index in [2.05, 4.69) is 5.32 Å². The van der Waals surface area contributed by atoms with Crippen LogP contribution in [-0.2, 0) is 16.6 Å². The second-order valence-electron chi connectivity index (χ2n) is 5.08. The summed E-state index contributed by atoms with van der Waals surface area (Å²) in [5.74, 6) is -0.714. The second kappa shape index (κ2) is 6.33. The van der Waals surface area contributed by atoms with Crippen LogP contribution >= 0.6 is 0 Å². The van der Waals surface area contributed by atoms with Crippen LogP contribution in [0.1, 0.15) is 18.4 Å². The minimum atomic E-state index is -4.14. The maximum Gasteiger partial charge on any atom is 0.252 e. The smallest absolute Gasteiger partial charge is 0.252 e. The topological polar surface area (TPSA) is 49.4 Å². The molecule has 0 saturated heterocycles. The number of rotatable bonds is 7. The molecule has 0 radical (unpaired) electrons. The predicted octanol–water partition coefficient (Wildman–Crippen LogP) is 1.96. The number of hydrogen-bond acceptors (Lipinski definition) is 3. The lowest BCUT2D eigenvalue weighted by atomic mass is 10.2. The van der Waals surface area contributed by atoms with E-state index in [0.717, 1.165) is 32.0 Å². The molecule has 0 unspecified atom stereocenters. The maximum atomic E-state index is 13.4. The van der Waals surface area contributed by atoms with E-state index >= 15 is 0 Å². The third-order valence-electron chi connectivity index (χ3n) is 3.27. The summed E-state index contributed by atoms with van der Waals surface area (Å²) in [5.41, 5.74) is 0.379. The molecule has 0 amide bonds. The molecular formula is C13H17F3N2O2S. The van der Waals surface area contributed by atoms with Crippen LogP contribution in [0, 0.1) is 5.82 Å². The van der Waals surface area contributed by atoms with Gasteiger partial charge in [-0.15, -0.1) is 0 Å². The fraction of sp³-hybridized carbons (Fsp3) is 0.538. The number of benzene rings is 1. The molecule has 0 aliphatic heterocycles. The summed E-state index contributed by atoms with van der Waals surface area (Å²) in [6.45, 7) is -0.656. The standard InChI is InChI=1S/C13H17F3N2O2S/c1-18(8-13(15)16)21(19,20)12-6-10(14)3-2-9(12)7-17-11-4-5-11/h2-3,6,11,13,17H,4-5,7-8H2,1H3. The summed E-state index contributed by atoms with van der Waals surface area (Å²) in [5, 5.41) is 3.13. The molecule has 2 rings (SSSR count). The Bertz CT molecular complexity index is 603. The largest absolute Gasteiger partial charge is 0.310 e. The van der Waals surface area contributed by atoms with Crippen LogP contribution in [-0.4, -0.2) is 38.8 Å². The molecule has 1 fully saturated rings. The van der Waals surface area contributed by atoms with Crippen LogP contribution in [0.15, 0.2) is 23.1 Å². The predicted molar refractivity (Wildman–Crippen MR) is 72.1 cm³/mol. The number of halogens is 3. The van der Waals surface area contributed by atoms with Crippen LogP contribution in [0.25, 0.3) is 0 Å². The number of nitrogens with one attached hydrogen (secondary N) is 1. The van der Waals surface area contributed by atoms with Gasteiger partial charge < -0.3 is 5.32 Å². The highest BCUT2D eigenvalue weighted by molar-refractivity contribution is 7.89. The Kier molecular flexibility index (Phi) is 4.90. The van der Waals surface area contributed by atoms with Gasteiger partial charge in [0.05, 0.1) is 11.4 Å². The minimum absolute atomic E-state index is 0.265. The molecule has 0 spiro atoms. The normalized spacial score (nSPS) is 15.9. The molecule has 1 aliphatic rings. The molecule has 1 aliphatic carbocycles. The highest BCUT2D eigenvalue weighted by Crippen LogP contribution is 2.24. The summed E-state index contributed by atoms with van der Waals surface area (Å²) in [6, 6.07) is 3.76. The molecule has 0 aromatic heterocycles. The first-order valence-electron chi connectivity index (χ1n) is 6.57. The molecule has 118 valence electrons. The average molecular weight is 322 g/mol. The van der Waals surface area contributed by atoms with E-state index in [9.17, 15) is 21.6 Å². The van der Waals surface area contributed by atoms with Crippen LogP contribution in [0.3, 0.4) is 0 Å². The molecule has 4 nitrogen and oxygen atoms in total. The first-order valence-corrected chi connectivity index (χ1v) is 8.01. The fourth-order valence-corrected chi connectivity index (χ4v) is 3.29. The number of hydrogen-bond donors (Lipinski definition) is 1. The zero-order chi connectivity index (χ0) is 15.6. The molecule has 1 aromatic carbocycles. The lowest BCUT2D eigenvalue weighted by Crippen LogP contribution is -2.32. The molecule has 8 heteroatoms. The van der Waals surface area contributed by atoms with Gasteiger partial charge in [0.2, 0.25) is 10.0 Å². The van der Waals surface area contributed by atoms with Gasteiger partial charge in [-0.2, -0.15) is 4.31 Å². The zero-order valence-electron chi connectivity index (χ0n) is 11.5. The highest BCUT2D eigenvalue weighted by Gasteiger charge is 2.27. The van der Waals surface area contributed by atoms with Crippen molar-refractivity contribution in [2.24, 2.45) is 0 Å². The molecule has 0 heterocycles. The Morgan fingerprint density at radius 2 is 2.05 bits per heavy atom. The van der Waals surface area contributed by atoms with Gasteiger partial charge in [-0.25, -0.2) is 21.6 Å². The molecule has 0 atom stereocenters. The zero-order valence-corrected chi connectivity index (χ0v) is 12.3. The third kappa shape index (κ3) is 4.18. The van der Waals surface area contributed by atoms with Crippen LogP contribution in [0.2, 0.25) is 0 Å². The van der Waals surface area contributed by atoms with Gasteiger partial charge in [0, 0.05) is 19.6 Å². The summed E-state index contributed by atoms with van der Waals surface area (Å²) in [6.07, 6.45) is -0.741. The number of nitrogens with zero attached hydrogens (tertiary/aromatic N) is 1. The van der Waals surface area contributed by atoms with Crippen molar-refractivity contribution in [3.05, 3.63) is 29.6 Å². The van der Waals surface area contributed by atoms with Crippen molar-refractivity contribution in [2.45, 2.75) is 36.7 Å². The average Bonchev–Trinajstić information content (AvgIpc) is 3.20. The third-order valence-corrected chi connectivity index (χ3v) is 5.18. The summed E-state index contributed by atoms with van der Waals surface area (Å²) in [7, 11) is -3.08. The van der Waals surface area contributed by atoms with Crippen LogP contribution < -0.4 is 5.32 Å². The van der Waals surface area contributed by atoms with E-state index in [1.165, 1.54) is 6.07 Å². The van der Waals surface area contributed by atoms with E-state index in [4.69, 9.17) is 0 Å². The lowest BCUT2D eigenvalue weighted by molar-refractivity contribution is 0.126. The van der Waals surface area contributed by atoms with Crippen molar-refractivity contribution in [1.29, 1.82) is 0 Å². The molecule has 21 heavy (non-hydrogen) atoms. The van der Waals surface area contributed by atoms with Crippen molar-refractivity contribution in [3.63, 3.8) is 0 Å².